The van der Waals surface area contributed by atoms with E-state index in [1.54, 1.807) is 0 Å². The highest BCUT2D eigenvalue weighted by atomic mass is 16.2. The van der Waals surface area contributed by atoms with Crippen molar-refractivity contribution < 1.29 is 4.79 Å². The molecule has 0 aliphatic carbocycles. The molecular formula is C14H28N2O. The van der Waals surface area contributed by atoms with Crippen molar-refractivity contribution in [3.8, 4) is 0 Å². The predicted octanol–water partition coefficient (Wildman–Crippen LogP) is 3.35. The first-order chi connectivity index (χ1) is 8.31. The summed E-state index contributed by atoms with van der Waals surface area (Å²) in [5, 5.41) is 0. The molecule has 0 aromatic heterocycles. The molecule has 0 radical (unpaired) electrons. The SMILES string of the molecule is CC.CCC1CCCN(C(=O)N2CCCC2)C1. The van der Waals surface area contributed by atoms with Gasteiger partial charge < -0.3 is 9.80 Å². The van der Waals surface area contributed by atoms with Crippen LogP contribution in [0, 0.1) is 5.92 Å². The Kier molecular flexibility index (Phi) is 6.38. The minimum Gasteiger partial charge on any atom is -0.325 e. The van der Waals surface area contributed by atoms with Crippen LogP contribution in [0.15, 0.2) is 0 Å². The number of hydrogen-bond donors (Lipinski definition) is 0. The van der Waals surface area contributed by atoms with Crippen molar-refractivity contribution in [2.45, 2.75) is 52.9 Å². The number of amides is 2. The molecule has 3 nitrogen and oxygen atoms in total. The summed E-state index contributed by atoms with van der Waals surface area (Å²) in [4.78, 5) is 16.2. The van der Waals surface area contributed by atoms with Gasteiger partial charge in [-0.2, -0.15) is 0 Å². The normalized spacial score (nSPS) is 24.3. The van der Waals surface area contributed by atoms with Gasteiger partial charge in [0.05, 0.1) is 0 Å². The number of likely N-dealkylation sites (tertiary alicyclic amines) is 2. The summed E-state index contributed by atoms with van der Waals surface area (Å²) in [6.45, 7) is 10.2. The highest BCUT2D eigenvalue weighted by molar-refractivity contribution is 5.74. The third-order valence-electron chi connectivity index (χ3n) is 3.74. The second-order valence-electron chi connectivity index (χ2n) is 4.84. The van der Waals surface area contributed by atoms with Crippen LogP contribution >= 0.6 is 0 Å². The third-order valence-corrected chi connectivity index (χ3v) is 3.74. The molecular weight excluding hydrogens is 212 g/mol. The lowest BCUT2D eigenvalue weighted by Crippen LogP contribution is -2.46. The van der Waals surface area contributed by atoms with Gasteiger partial charge in [0.25, 0.3) is 0 Å². The van der Waals surface area contributed by atoms with E-state index in [1.165, 1.54) is 32.1 Å². The zero-order chi connectivity index (χ0) is 12.7. The van der Waals surface area contributed by atoms with E-state index < -0.39 is 0 Å². The lowest BCUT2D eigenvalue weighted by Gasteiger charge is -2.34. The molecule has 2 fully saturated rings. The second-order valence-corrected chi connectivity index (χ2v) is 4.84. The van der Waals surface area contributed by atoms with Gasteiger partial charge >= 0.3 is 6.03 Å². The van der Waals surface area contributed by atoms with Crippen molar-refractivity contribution in [3.63, 3.8) is 0 Å². The van der Waals surface area contributed by atoms with Crippen molar-refractivity contribution in [2.24, 2.45) is 5.92 Å². The van der Waals surface area contributed by atoms with E-state index in [-0.39, 0.29) is 0 Å². The summed E-state index contributed by atoms with van der Waals surface area (Å²) < 4.78 is 0. The molecule has 0 N–H and O–H groups in total. The van der Waals surface area contributed by atoms with Crippen LogP contribution in [0.25, 0.3) is 0 Å². The van der Waals surface area contributed by atoms with Gasteiger partial charge in [0, 0.05) is 26.2 Å². The van der Waals surface area contributed by atoms with Gasteiger partial charge in [-0.3, -0.25) is 0 Å². The summed E-state index contributed by atoms with van der Waals surface area (Å²) in [5.41, 5.74) is 0. The molecule has 0 spiro atoms. The van der Waals surface area contributed by atoms with Gasteiger partial charge in [0.1, 0.15) is 0 Å². The minimum atomic E-state index is 0.297. The zero-order valence-electron chi connectivity index (χ0n) is 11.7. The minimum absolute atomic E-state index is 0.297. The number of carbonyl (C=O) groups is 1. The summed E-state index contributed by atoms with van der Waals surface area (Å²) >= 11 is 0. The summed E-state index contributed by atoms with van der Waals surface area (Å²) in [6, 6.07) is 0.297. The molecule has 2 amide bonds. The summed E-state index contributed by atoms with van der Waals surface area (Å²) in [6.07, 6.45) is 6.09. The lowest BCUT2D eigenvalue weighted by atomic mass is 9.96. The number of urea groups is 1. The van der Waals surface area contributed by atoms with E-state index in [1.807, 2.05) is 18.7 Å². The highest BCUT2D eigenvalue weighted by Gasteiger charge is 2.27. The molecule has 1 atom stereocenters. The number of hydrogen-bond acceptors (Lipinski definition) is 1. The van der Waals surface area contributed by atoms with Gasteiger partial charge in [-0.25, -0.2) is 4.79 Å². The first-order valence-corrected chi connectivity index (χ1v) is 7.35. The van der Waals surface area contributed by atoms with E-state index in [0.717, 1.165) is 32.1 Å². The van der Waals surface area contributed by atoms with Gasteiger partial charge in [0.2, 0.25) is 0 Å². The molecule has 2 aliphatic rings. The Balaban J connectivity index is 0.000000686. The van der Waals surface area contributed by atoms with Crippen LogP contribution in [0.2, 0.25) is 0 Å². The van der Waals surface area contributed by atoms with Crippen molar-refractivity contribution in [3.05, 3.63) is 0 Å². The van der Waals surface area contributed by atoms with Gasteiger partial charge in [-0.05, 0) is 31.6 Å². The molecule has 0 saturated carbocycles. The van der Waals surface area contributed by atoms with Crippen LogP contribution in [-0.4, -0.2) is 42.0 Å². The van der Waals surface area contributed by atoms with Crippen LogP contribution in [0.5, 0.6) is 0 Å². The summed E-state index contributed by atoms with van der Waals surface area (Å²) in [5.74, 6) is 0.741. The fourth-order valence-corrected chi connectivity index (χ4v) is 2.68. The molecule has 2 rings (SSSR count). The highest BCUT2D eigenvalue weighted by Crippen LogP contribution is 2.21. The summed E-state index contributed by atoms with van der Waals surface area (Å²) in [7, 11) is 0. The molecule has 1 unspecified atom stereocenters. The Morgan fingerprint density at radius 3 is 2.24 bits per heavy atom. The molecule has 2 heterocycles. The maximum absolute atomic E-state index is 12.1. The Bertz CT molecular complexity index is 224. The average Bonchev–Trinajstić information content (AvgIpc) is 2.94. The molecule has 0 bridgehead atoms. The van der Waals surface area contributed by atoms with Crippen LogP contribution in [0.1, 0.15) is 52.9 Å². The maximum atomic E-state index is 12.1. The standard InChI is InChI=1S/C12H22N2O.C2H6/c1-2-11-6-5-9-14(10-11)12(15)13-7-3-4-8-13;1-2/h11H,2-10H2,1H3;1-2H3. The maximum Gasteiger partial charge on any atom is 0.320 e. The molecule has 2 aliphatic heterocycles. The zero-order valence-corrected chi connectivity index (χ0v) is 11.7. The van der Waals surface area contributed by atoms with E-state index in [0.29, 0.717) is 6.03 Å². The van der Waals surface area contributed by atoms with Crippen molar-refractivity contribution in [1.29, 1.82) is 0 Å². The van der Waals surface area contributed by atoms with Gasteiger partial charge in [-0.1, -0.05) is 27.2 Å². The van der Waals surface area contributed by atoms with E-state index in [9.17, 15) is 4.79 Å². The average molecular weight is 240 g/mol. The quantitative estimate of drug-likeness (QED) is 0.689. The smallest absolute Gasteiger partial charge is 0.320 e. The molecule has 2 saturated heterocycles. The van der Waals surface area contributed by atoms with Crippen molar-refractivity contribution in [2.75, 3.05) is 26.2 Å². The van der Waals surface area contributed by atoms with E-state index >= 15 is 0 Å². The second kappa shape index (κ2) is 7.57. The number of carbonyl (C=O) groups excluding carboxylic acids is 1. The molecule has 0 aromatic carbocycles. The van der Waals surface area contributed by atoms with E-state index in [4.69, 9.17) is 0 Å². The molecule has 3 heteroatoms. The Morgan fingerprint density at radius 1 is 1.06 bits per heavy atom. The van der Waals surface area contributed by atoms with Crippen molar-refractivity contribution in [1.82, 2.24) is 9.80 Å². The molecule has 0 aromatic rings. The Morgan fingerprint density at radius 2 is 1.65 bits per heavy atom. The molecule has 100 valence electrons. The topological polar surface area (TPSA) is 23.6 Å². The predicted molar refractivity (Wildman–Crippen MR) is 72.1 cm³/mol. The first kappa shape index (κ1) is 14.3. The first-order valence-electron chi connectivity index (χ1n) is 7.35. The number of piperidine rings is 1. The number of nitrogens with zero attached hydrogens (tertiary/aromatic N) is 2. The largest absolute Gasteiger partial charge is 0.325 e. The lowest BCUT2D eigenvalue weighted by molar-refractivity contribution is 0.135. The van der Waals surface area contributed by atoms with E-state index in [2.05, 4.69) is 11.8 Å². The van der Waals surface area contributed by atoms with Crippen LogP contribution in [0.3, 0.4) is 0 Å². The Labute approximate surface area is 106 Å². The fraction of sp³-hybridized carbons (Fsp3) is 0.929. The monoisotopic (exact) mass is 240 g/mol. The van der Waals surface area contributed by atoms with Crippen molar-refractivity contribution >= 4 is 6.03 Å². The fourth-order valence-electron chi connectivity index (χ4n) is 2.68. The van der Waals surface area contributed by atoms with Crippen LogP contribution in [-0.2, 0) is 0 Å². The Hall–Kier alpha value is -0.730. The molecule has 17 heavy (non-hydrogen) atoms. The van der Waals surface area contributed by atoms with Gasteiger partial charge in [0.15, 0.2) is 0 Å². The van der Waals surface area contributed by atoms with Crippen LogP contribution < -0.4 is 0 Å². The third kappa shape index (κ3) is 3.90. The van der Waals surface area contributed by atoms with Gasteiger partial charge in [-0.15, -0.1) is 0 Å². The number of rotatable bonds is 1. The van der Waals surface area contributed by atoms with Crippen LogP contribution in [0.4, 0.5) is 4.79 Å².